The molecule has 22 heavy (non-hydrogen) atoms. The van der Waals surface area contributed by atoms with Crippen LogP contribution in [0.15, 0.2) is 41.4 Å². The van der Waals surface area contributed by atoms with E-state index in [-0.39, 0.29) is 0 Å². The van der Waals surface area contributed by atoms with Gasteiger partial charge in [-0.1, -0.05) is 41.6 Å². The van der Waals surface area contributed by atoms with Gasteiger partial charge in [0.15, 0.2) is 11.5 Å². The van der Waals surface area contributed by atoms with E-state index in [1.165, 1.54) is 0 Å². The number of fused-ring (bicyclic) bond motifs is 1. The monoisotopic (exact) mass is 313 g/mol. The highest BCUT2D eigenvalue weighted by Crippen LogP contribution is 2.23. The van der Waals surface area contributed by atoms with Crippen LogP contribution in [0.2, 0.25) is 0 Å². The maximum Gasteiger partial charge on any atom is 0.185 e. The average molecular weight is 313 g/mol. The number of aliphatic carboxylic acids is 1. The van der Waals surface area contributed by atoms with E-state index in [2.05, 4.69) is 15.3 Å². The number of thioether (sulfide) groups is 1. The molecule has 0 bridgehead atoms. The second-order valence-electron chi connectivity index (χ2n) is 4.91. The number of carboxylic acids is 1. The van der Waals surface area contributed by atoms with E-state index < -0.39 is 11.2 Å². The lowest BCUT2D eigenvalue weighted by atomic mass is 10.1. The molecule has 3 aromatic rings. The van der Waals surface area contributed by atoms with Gasteiger partial charge in [-0.15, -0.1) is 10.2 Å². The van der Waals surface area contributed by atoms with Gasteiger partial charge in [-0.05, 0) is 26.0 Å². The summed E-state index contributed by atoms with van der Waals surface area (Å²) in [6, 6.07) is 11.4. The molecule has 0 fully saturated rings. The van der Waals surface area contributed by atoms with Crippen molar-refractivity contribution in [3.05, 3.63) is 42.0 Å². The van der Waals surface area contributed by atoms with Crippen molar-refractivity contribution in [2.24, 2.45) is 0 Å². The minimum atomic E-state index is -1.12. The molecule has 0 aliphatic carbocycles. The lowest BCUT2D eigenvalue weighted by Gasteiger charge is -2.11. The first-order valence-corrected chi connectivity index (χ1v) is 7.59. The minimum Gasteiger partial charge on any atom is -0.549 e. The first kappa shape index (κ1) is 14.5. The molecule has 1 aromatic carbocycles. The van der Waals surface area contributed by atoms with Crippen LogP contribution in [0.3, 0.4) is 0 Å². The number of hydrogen-bond acceptors (Lipinski definition) is 6. The van der Waals surface area contributed by atoms with Gasteiger partial charge in [0, 0.05) is 10.8 Å². The normalized spacial score (nSPS) is 12.5. The Morgan fingerprint density at radius 3 is 2.59 bits per heavy atom. The van der Waals surface area contributed by atoms with Crippen LogP contribution in [0.1, 0.15) is 12.5 Å². The number of benzene rings is 1. The molecule has 0 spiro atoms. The van der Waals surface area contributed by atoms with Crippen LogP contribution in [-0.2, 0) is 4.79 Å². The van der Waals surface area contributed by atoms with Crippen molar-refractivity contribution >= 4 is 23.4 Å². The van der Waals surface area contributed by atoms with Crippen molar-refractivity contribution in [1.82, 2.24) is 19.8 Å². The molecule has 7 heteroatoms. The van der Waals surface area contributed by atoms with Crippen molar-refractivity contribution in [3.63, 3.8) is 0 Å². The highest BCUT2D eigenvalue weighted by Gasteiger charge is 2.12. The zero-order valence-electron chi connectivity index (χ0n) is 12.1. The number of carbonyl (C=O) groups excluding carboxylic acids is 1. The summed E-state index contributed by atoms with van der Waals surface area (Å²) < 4.78 is 1.62. The molecule has 0 N–H and O–H groups in total. The molecule has 0 saturated carbocycles. The first-order valence-electron chi connectivity index (χ1n) is 6.71. The van der Waals surface area contributed by atoms with Crippen LogP contribution < -0.4 is 5.11 Å². The zero-order chi connectivity index (χ0) is 15.7. The largest absolute Gasteiger partial charge is 0.549 e. The molecule has 0 unspecified atom stereocenters. The van der Waals surface area contributed by atoms with Gasteiger partial charge in [-0.25, -0.2) is 0 Å². The standard InChI is InChI=1S/C15H14N4O2S/c1-9-3-5-11(6-4-9)14-17-16-12-7-8-13(18-19(12)14)22-10(2)15(20)21/h3-8,10H,1-2H3,(H,20,21)/p-1/t10-/m0/s1. The average Bonchev–Trinajstić information content (AvgIpc) is 2.91. The summed E-state index contributed by atoms with van der Waals surface area (Å²) in [5, 5.41) is 23.4. The van der Waals surface area contributed by atoms with Gasteiger partial charge < -0.3 is 9.90 Å². The van der Waals surface area contributed by atoms with E-state index in [0.717, 1.165) is 22.9 Å². The van der Waals surface area contributed by atoms with Gasteiger partial charge in [-0.2, -0.15) is 9.61 Å². The highest BCUT2D eigenvalue weighted by atomic mass is 32.2. The molecular formula is C15H13N4O2S-. The lowest BCUT2D eigenvalue weighted by molar-refractivity contribution is -0.304. The zero-order valence-corrected chi connectivity index (χ0v) is 12.9. The molecular weight excluding hydrogens is 300 g/mol. The number of aromatic nitrogens is 4. The van der Waals surface area contributed by atoms with Crippen LogP contribution in [0.25, 0.3) is 17.0 Å². The van der Waals surface area contributed by atoms with Crippen molar-refractivity contribution in [1.29, 1.82) is 0 Å². The Bertz CT molecular complexity index is 829. The summed E-state index contributed by atoms with van der Waals surface area (Å²) in [5.74, 6) is -0.493. The Morgan fingerprint density at radius 1 is 1.18 bits per heavy atom. The Morgan fingerprint density at radius 2 is 1.91 bits per heavy atom. The van der Waals surface area contributed by atoms with Gasteiger partial charge >= 0.3 is 0 Å². The van der Waals surface area contributed by atoms with Gasteiger partial charge in [-0.3, -0.25) is 0 Å². The van der Waals surface area contributed by atoms with E-state index in [9.17, 15) is 9.90 Å². The summed E-state index contributed by atoms with van der Waals surface area (Å²) in [7, 11) is 0. The smallest absolute Gasteiger partial charge is 0.185 e. The van der Waals surface area contributed by atoms with Crippen molar-refractivity contribution in [3.8, 4) is 11.4 Å². The molecule has 0 radical (unpaired) electrons. The summed E-state index contributed by atoms with van der Waals surface area (Å²) in [6.07, 6.45) is 0. The number of aryl methyl sites for hydroxylation is 1. The second-order valence-corrected chi connectivity index (χ2v) is 6.27. The predicted octanol–water partition coefficient (Wildman–Crippen LogP) is 1.33. The quantitative estimate of drug-likeness (QED) is 0.676. The Kier molecular flexibility index (Phi) is 3.81. The maximum atomic E-state index is 10.8. The van der Waals surface area contributed by atoms with Crippen molar-refractivity contribution in [2.75, 3.05) is 0 Å². The molecule has 2 heterocycles. The number of nitrogens with zero attached hydrogens (tertiary/aromatic N) is 4. The molecule has 112 valence electrons. The Hall–Kier alpha value is -2.41. The summed E-state index contributed by atoms with van der Waals surface area (Å²) in [6.45, 7) is 3.58. The predicted molar refractivity (Wildman–Crippen MR) is 81.3 cm³/mol. The van der Waals surface area contributed by atoms with E-state index >= 15 is 0 Å². The van der Waals surface area contributed by atoms with Gasteiger partial charge in [0.2, 0.25) is 0 Å². The number of carbonyl (C=O) groups is 1. The molecule has 0 amide bonds. The third kappa shape index (κ3) is 2.80. The SMILES string of the molecule is Cc1ccc(-c2nnc3ccc(S[C@@H](C)C(=O)[O-])nn23)cc1. The van der Waals surface area contributed by atoms with E-state index in [1.54, 1.807) is 23.6 Å². The van der Waals surface area contributed by atoms with Gasteiger partial charge in [0.1, 0.15) is 5.03 Å². The van der Waals surface area contributed by atoms with Crippen LogP contribution in [-0.4, -0.2) is 31.0 Å². The molecule has 0 aliphatic heterocycles. The maximum absolute atomic E-state index is 10.8. The molecule has 0 saturated heterocycles. The van der Waals surface area contributed by atoms with Gasteiger partial charge in [0.05, 0.1) is 5.97 Å². The van der Waals surface area contributed by atoms with E-state index in [4.69, 9.17) is 0 Å². The fourth-order valence-corrected chi connectivity index (χ4v) is 2.68. The number of hydrogen-bond donors (Lipinski definition) is 0. The fraction of sp³-hybridized carbons (Fsp3) is 0.200. The van der Waals surface area contributed by atoms with Crippen LogP contribution >= 0.6 is 11.8 Å². The summed E-state index contributed by atoms with van der Waals surface area (Å²) in [4.78, 5) is 10.8. The molecule has 1 atom stereocenters. The topological polar surface area (TPSA) is 83.2 Å². The van der Waals surface area contributed by atoms with Gasteiger partial charge in [0.25, 0.3) is 0 Å². The third-order valence-electron chi connectivity index (χ3n) is 3.18. The van der Waals surface area contributed by atoms with E-state index in [1.807, 2.05) is 31.2 Å². The molecule has 6 nitrogen and oxygen atoms in total. The molecule has 2 aromatic heterocycles. The summed E-state index contributed by atoms with van der Waals surface area (Å²) >= 11 is 1.13. The third-order valence-corrected chi connectivity index (χ3v) is 4.18. The highest BCUT2D eigenvalue weighted by molar-refractivity contribution is 8.00. The van der Waals surface area contributed by atoms with Crippen molar-refractivity contribution in [2.45, 2.75) is 24.1 Å². The fourth-order valence-electron chi connectivity index (χ4n) is 1.95. The number of carboxylic acid groups (broad SMARTS) is 1. The van der Waals surface area contributed by atoms with Crippen LogP contribution in [0, 0.1) is 6.92 Å². The van der Waals surface area contributed by atoms with E-state index in [0.29, 0.717) is 16.5 Å². The Balaban J connectivity index is 2.01. The molecule has 0 aliphatic rings. The number of rotatable bonds is 4. The lowest BCUT2D eigenvalue weighted by Crippen LogP contribution is -2.31. The minimum absolute atomic E-state index is 0.581. The molecule has 3 rings (SSSR count). The van der Waals surface area contributed by atoms with Crippen LogP contribution in [0.4, 0.5) is 0 Å². The Labute approximate surface area is 131 Å². The van der Waals surface area contributed by atoms with Crippen LogP contribution in [0.5, 0.6) is 0 Å². The second kappa shape index (κ2) is 5.76. The first-order chi connectivity index (χ1) is 10.5. The summed E-state index contributed by atoms with van der Waals surface area (Å²) in [5.41, 5.74) is 2.67. The van der Waals surface area contributed by atoms with Crippen molar-refractivity contribution < 1.29 is 9.90 Å².